The minimum Gasteiger partial charge on any atom is -0.490 e. The van der Waals surface area contributed by atoms with E-state index >= 15 is 0 Å². The van der Waals surface area contributed by atoms with E-state index in [-0.39, 0.29) is 28.0 Å². The highest BCUT2D eigenvalue weighted by atomic mass is 35.5. The molecule has 3 rings (SSSR count). The van der Waals surface area contributed by atoms with Crippen LogP contribution in [0, 0.1) is 6.92 Å². The lowest BCUT2D eigenvalue weighted by Crippen LogP contribution is -2.36. The molecule has 1 N–H and O–H groups in total. The Morgan fingerprint density at radius 2 is 1.94 bits per heavy atom. The van der Waals surface area contributed by atoms with Gasteiger partial charge in [-0.15, -0.1) is 0 Å². The van der Waals surface area contributed by atoms with Gasteiger partial charge in [-0.05, 0) is 67.1 Å². The maximum absolute atomic E-state index is 12.8. The van der Waals surface area contributed by atoms with Crippen LogP contribution in [0.15, 0.2) is 41.3 Å². The fourth-order valence-corrected chi connectivity index (χ4v) is 4.23. The van der Waals surface area contributed by atoms with Crippen molar-refractivity contribution in [3.8, 4) is 11.5 Å². The van der Waals surface area contributed by atoms with Gasteiger partial charge in [0.15, 0.2) is 18.1 Å². The van der Waals surface area contributed by atoms with Crippen LogP contribution in [0.25, 0.3) is 6.08 Å². The average Bonchev–Trinajstić information content (AvgIpc) is 3.05. The van der Waals surface area contributed by atoms with Crippen LogP contribution in [0.5, 0.6) is 11.5 Å². The molecule has 1 saturated heterocycles. The smallest absolute Gasteiger partial charge is 0.343 e. The Morgan fingerprint density at radius 1 is 1.17 bits per heavy atom. The van der Waals surface area contributed by atoms with E-state index in [1.807, 2.05) is 13.0 Å². The number of benzene rings is 2. The van der Waals surface area contributed by atoms with Gasteiger partial charge in [0.2, 0.25) is 5.91 Å². The zero-order valence-electron chi connectivity index (χ0n) is 19.3. The number of hydrogen-bond donors (Lipinski definition) is 1. The van der Waals surface area contributed by atoms with E-state index < -0.39 is 29.6 Å². The maximum Gasteiger partial charge on any atom is 0.343 e. The molecule has 2 aromatic rings. The second-order valence-electron chi connectivity index (χ2n) is 7.31. The summed E-state index contributed by atoms with van der Waals surface area (Å²) in [6.45, 7) is 3.16. The number of imide groups is 1. The number of carbonyl (C=O) groups is 4. The fourth-order valence-electron chi connectivity index (χ4n) is 3.12. The van der Waals surface area contributed by atoms with Gasteiger partial charge in [0.1, 0.15) is 6.54 Å². The van der Waals surface area contributed by atoms with Crippen LogP contribution < -0.4 is 14.8 Å². The van der Waals surface area contributed by atoms with Gasteiger partial charge in [-0.25, -0.2) is 4.79 Å². The van der Waals surface area contributed by atoms with Crippen LogP contribution >= 0.6 is 23.4 Å². The molecule has 11 heteroatoms. The van der Waals surface area contributed by atoms with Crippen LogP contribution in [0.3, 0.4) is 0 Å². The fraction of sp³-hybridized carbons (Fsp3) is 0.250. The minimum atomic E-state index is -0.598. The molecule has 2 aromatic carbocycles. The highest BCUT2D eigenvalue weighted by Gasteiger charge is 2.36. The topological polar surface area (TPSA) is 111 Å². The zero-order chi connectivity index (χ0) is 25.5. The summed E-state index contributed by atoms with van der Waals surface area (Å²) in [5.74, 6) is -1.27. The molecule has 1 fully saturated rings. The molecule has 1 aliphatic heterocycles. The summed E-state index contributed by atoms with van der Waals surface area (Å²) in [7, 11) is 1.24. The summed E-state index contributed by atoms with van der Waals surface area (Å²) in [6.07, 6.45) is 1.47. The number of esters is 1. The number of anilines is 1. The van der Waals surface area contributed by atoms with Gasteiger partial charge in [-0.1, -0.05) is 23.7 Å². The molecule has 0 saturated carbocycles. The molecule has 0 spiro atoms. The maximum atomic E-state index is 12.8. The third-order valence-corrected chi connectivity index (χ3v) is 5.86. The first-order valence-electron chi connectivity index (χ1n) is 10.5. The standard InChI is InChI=1S/C24H23ClN2O7S/c1-4-33-18-10-15(9-17(25)22(18)34-13-21(29)32-3)11-19-23(30)27(24(31)35-19)12-20(28)26-16-7-5-6-14(2)8-16/h5-11H,4,12-13H2,1-3H3,(H,26,28)/b19-11-. The number of halogens is 1. The number of ether oxygens (including phenoxy) is 3. The molecule has 0 radical (unpaired) electrons. The zero-order valence-corrected chi connectivity index (χ0v) is 20.8. The minimum absolute atomic E-state index is 0.125. The number of hydrogen-bond acceptors (Lipinski definition) is 8. The van der Waals surface area contributed by atoms with Gasteiger partial charge >= 0.3 is 5.97 Å². The number of nitrogens with one attached hydrogen (secondary N) is 1. The second-order valence-corrected chi connectivity index (χ2v) is 8.71. The number of carbonyl (C=O) groups excluding carboxylic acids is 4. The van der Waals surface area contributed by atoms with Crippen LogP contribution in [0.4, 0.5) is 10.5 Å². The lowest BCUT2D eigenvalue weighted by molar-refractivity contribution is -0.143. The summed E-state index contributed by atoms with van der Waals surface area (Å²) in [4.78, 5) is 50.1. The molecule has 0 aromatic heterocycles. The monoisotopic (exact) mass is 518 g/mol. The molecule has 35 heavy (non-hydrogen) atoms. The normalized spacial score (nSPS) is 14.3. The lowest BCUT2D eigenvalue weighted by Gasteiger charge is -2.14. The van der Waals surface area contributed by atoms with E-state index in [1.165, 1.54) is 19.3 Å². The molecule has 0 bridgehead atoms. The van der Waals surface area contributed by atoms with Gasteiger partial charge < -0.3 is 19.5 Å². The van der Waals surface area contributed by atoms with E-state index in [9.17, 15) is 19.2 Å². The second kappa shape index (κ2) is 11.8. The van der Waals surface area contributed by atoms with Gasteiger partial charge in [0, 0.05) is 5.69 Å². The van der Waals surface area contributed by atoms with Gasteiger partial charge in [-0.3, -0.25) is 19.3 Å². The van der Waals surface area contributed by atoms with Crippen LogP contribution in [-0.4, -0.2) is 54.8 Å². The number of amides is 3. The quantitative estimate of drug-likeness (QED) is 0.387. The van der Waals surface area contributed by atoms with Crippen molar-refractivity contribution in [2.75, 3.05) is 32.2 Å². The Kier molecular flexibility index (Phi) is 8.78. The molecular formula is C24H23ClN2O7S. The van der Waals surface area contributed by atoms with Gasteiger partial charge in [0.25, 0.3) is 11.1 Å². The predicted molar refractivity (Wildman–Crippen MR) is 133 cm³/mol. The van der Waals surface area contributed by atoms with E-state index in [1.54, 1.807) is 31.2 Å². The van der Waals surface area contributed by atoms with Gasteiger partial charge in [0.05, 0.1) is 23.6 Å². The van der Waals surface area contributed by atoms with E-state index in [0.717, 1.165) is 10.5 Å². The Hall–Kier alpha value is -3.50. The number of methoxy groups -OCH3 is 1. The number of thioether (sulfide) groups is 1. The molecule has 9 nitrogen and oxygen atoms in total. The largest absolute Gasteiger partial charge is 0.490 e. The Balaban J connectivity index is 1.76. The first-order valence-corrected chi connectivity index (χ1v) is 11.7. The lowest BCUT2D eigenvalue weighted by atomic mass is 10.1. The van der Waals surface area contributed by atoms with Crippen molar-refractivity contribution in [2.45, 2.75) is 13.8 Å². The molecule has 0 atom stereocenters. The Bertz CT molecular complexity index is 1200. The summed E-state index contributed by atoms with van der Waals surface area (Å²) in [5, 5.41) is 2.26. The summed E-state index contributed by atoms with van der Waals surface area (Å²) in [5.41, 5.74) is 2.01. The Labute approximate surface area is 211 Å². The molecule has 1 aliphatic rings. The van der Waals surface area contributed by atoms with Crippen molar-refractivity contribution < 1.29 is 33.4 Å². The Morgan fingerprint density at radius 3 is 2.63 bits per heavy atom. The van der Waals surface area contributed by atoms with Gasteiger partial charge in [-0.2, -0.15) is 0 Å². The third-order valence-electron chi connectivity index (χ3n) is 4.67. The van der Waals surface area contributed by atoms with Crippen molar-refractivity contribution >= 4 is 58.1 Å². The van der Waals surface area contributed by atoms with Crippen molar-refractivity contribution in [1.29, 1.82) is 0 Å². The molecule has 184 valence electrons. The summed E-state index contributed by atoms with van der Waals surface area (Å²) in [6, 6.07) is 10.3. The molecule has 1 heterocycles. The molecule has 0 aliphatic carbocycles. The highest BCUT2D eigenvalue weighted by molar-refractivity contribution is 8.18. The SMILES string of the molecule is CCOc1cc(/C=C2\SC(=O)N(CC(=O)Nc3cccc(C)c3)C2=O)cc(Cl)c1OCC(=O)OC. The van der Waals surface area contributed by atoms with Crippen molar-refractivity contribution in [3.63, 3.8) is 0 Å². The van der Waals surface area contributed by atoms with Crippen LogP contribution in [0.1, 0.15) is 18.1 Å². The first-order chi connectivity index (χ1) is 16.7. The number of aryl methyl sites for hydroxylation is 1. The third kappa shape index (κ3) is 6.77. The van der Waals surface area contributed by atoms with Crippen LogP contribution in [0.2, 0.25) is 5.02 Å². The van der Waals surface area contributed by atoms with E-state index in [4.69, 9.17) is 21.1 Å². The first kappa shape index (κ1) is 26.1. The van der Waals surface area contributed by atoms with Crippen molar-refractivity contribution in [2.24, 2.45) is 0 Å². The highest BCUT2D eigenvalue weighted by Crippen LogP contribution is 2.39. The predicted octanol–water partition coefficient (Wildman–Crippen LogP) is 4.27. The molecular weight excluding hydrogens is 496 g/mol. The van der Waals surface area contributed by atoms with Crippen LogP contribution in [-0.2, 0) is 19.1 Å². The van der Waals surface area contributed by atoms with Crippen molar-refractivity contribution in [3.05, 3.63) is 57.5 Å². The molecule has 0 unspecified atom stereocenters. The van der Waals surface area contributed by atoms with E-state index in [0.29, 0.717) is 29.6 Å². The summed E-state index contributed by atoms with van der Waals surface area (Å²) < 4.78 is 15.5. The summed E-state index contributed by atoms with van der Waals surface area (Å²) >= 11 is 7.04. The number of rotatable bonds is 9. The molecule has 3 amide bonds. The van der Waals surface area contributed by atoms with Crippen molar-refractivity contribution in [1.82, 2.24) is 4.90 Å². The van der Waals surface area contributed by atoms with E-state index in [2.05, 4.69) is 10.1 Å². The number of nitrogens with zero attached hydrogens (tertiary/aromatic N) is 1. The average molecular weight is 519 g/mol.